The second-order valence-corrected chi connectivity index (χ2v) is 37.8. The van der Waals surface area contributed by atoms with Gasteiger partial charge in [-0.3, -0.25) is 0 Å². The maximum atomic E-state index is 6.33. The zero-order chi connectivity index (χ0) is 99.8. The van der Waals surface area contributed by atoms with Gasteiger partial charge >= 0.3 is 0 Å². The molecule has 0 atom stereocenters. The Labute approximate surface area is 872 Å². The third-order valence-electron chi connectivity index (χ3n) is 28.5. The third kappa shape index (κ3) is 19.1. The first-order valence-electron chi connectivity index (χ1n) is 51.0. The van der Waals surface area contributed by atoms with Gasteiger partial charge in [0.2, 0.25) is 0 Å². The molecule has 27 aromatic rings. The Morgan fingerprint density at radius 2 is 0.260 bits per heavy atom. The van der Waals surface area contributed by atoms with Crippen molar-refractivity contribution in [1.29, 1.82) is 0 Å². The minimum Gasteiger partial charge on any atom is -0.456 e. The summed E-state index contributed by atoms with van der Waals surface area (Å²) in [4.78, 5) is 6.93. The summed E-state index contributed by atoms with van der Waals surface area (Å²) in [6.45, 7) is 0. The summed E-state index contributed by atoms with van der Waals surface area (Å²) in [6, 6.07) is 213. The molecule has 0 radical (unpaired) electrons. The summed E-state index contributed by atoms with van der Waals surface area (Å²) in [5.41, 5.74) is 43.7. The molecule has 0 bridgehead atoms. The van der Waals surface area contributed by atoms with Crippen molar-refractivity contribution in [2.45, 2.75) is 0 Å². The van der Waals surface area contributed by atoms with Crippen LogP contribution in [0.1, 0.15) is 0 Å². The number of rotatable bonds is 21. The number of hydrogen-bond acceptors (Lipinski definition) is 6. The molecular formula is C144H99N3O3. The van der Waals surface area contributed by atoms with E-state index in [1.165, 1.54) is 128 Å². The standard InChI is InChI=1S/3C48H33NO/c1-3-12-34(13-4-1)39-16-11-17-41(32-39)49(42-30-31-46-45-20-9-10-21-47(45)50-48(46)33-42)40-28-26-36(27-29-40)35-22-24-38(25-23-35)44-19-8-7-18-43(44)37-14-5-2-6-15-37;1-3-10-34(11-4-1)36-18-20-38(21-19-36)40-14-9-15-41(32-40)39-24-28-43(29-25-39)49(42-26-22-37(23-27-42)35-12-5-2-6-13-35)44-30-31-46-45-16-7-8-17-47(45)50-48(46)33-44;1-3-10-34(11-4-1)36-18-20-37(21-19-36)38-22-24-40(25-23-38)41-14-9-15-43(32-41)49(42-28-26-39(27-29-42)35-12-5-2-6-13-35)44-30-31-46-45-16-7-8-17-47(45)50-48(46)33-44/h3*1-33H. The van der Waals surface area contributed by atoms with Crippen molar-refractivity contribution in [3.8, 4) is 134 Å². The Balaban J connectivity index is 0.000000116. The minimum absolute atomic E-state index is 0.873. The van der Waals surface area contributed by atoms with Crippen LogP contribution in [0.25, 0.3) is 199 Å². The Bertz CT molecular complexity index is 9410. The maximum absolute atomic E-state index is 6.33. The van der Waals surface area contributed by atoms with Crippen molar-refractivity contribution in [2.75, 3.05) is 14.7 Å². The first-order chi connectivity index (χ1) is 74.3. The predicted molar refractivity (Wildman–Crippen MR) is 630 cm³/mol. The van der Waals surface area contributed by atoms with Gasteiger partial charge < -0.3 is 28.0 Å². The van der Waals surface area contributed by atoms with Crippen molar-refractivity contribution in [3.63, 3.8) is 0 Å². The number of nitrogens with zero attached hydrogens (tertiary/aromatic N) is 3. The molecule has 0 unspecified atom stereocenters. The van der Waals surface area contributed by atoms with E-state index in [4.69, 9.17) is 13.3 Å². The number of hydrogen-bond donors (Lipinski definition) is 0. The van der Waals surface area contributed by atoms with Crippen LogP contribution in [0.5, 0.6) is 0 Å². The molecule has 0 amide bonds. The lowest BCUT2D eigenvalue weighted by Crippen LogP contribution is -2.10. The Morgan fingerprint density at radius 1 is 0.0933 bits per heavy atom. The predicted octanol–water partition coefficient (Wildman–Crippen LogP) is 41.2. The van der Waals surface area contributed by atoms with Crippen LogP contribution in [0, 0.1) is 0 Å². The summed E-state index contributed by atoms with van der Waals surface area (Å²) in [7, 11) is 0. The topological polar surface area (TPSA) is 49.1 Å². The van der Waals surface area contributed by atoms with Crippen LogP contribution in [-0.4, -0.2) is 0 Å². The van der Waals surface area contributed by atoms with Crippen molar-refractivity contribution in [2.24, 2.45) is 0 Å². The molecule has 0 aliphatic carbocycles. The van der Waals surface area contributed by atoms with Crippen molar-refractivity contribution >= 4 is 117 Å². The van der Waals surface area contributed by atoms with Crippen molar-refractivity contribution in [1.82, 2.24) is 0 Å². The van der Waals surface area contributed by atoms with E-state index in [1.54, 1.807) is 0 Å². The highest BCUT2D eigenvalue weighted by Crippen LogP contribution is 2.47. The van der Waals surface area contributed by atoms with Crippen LogP contribution in [0.3, 0.4) is 0 Å². The van der Waals surface area contributed by atoms with Gasteiger partial charge in [0.1, 0.15) is 33.5 Å². The fourth-order valence-corrected chi connectivity index (χ4v) is 20.8. The molecule has 27 rings (SSSR count). The van der Waals surface area contributed by atoms with Crippen molar-refractivity contribution < 1.29 is 13.3 Å². The zero-order valence-electron chi connectivity index (χ0n) is 82.2. The molecule has 0 fully saturated rings. The van der Waals surface area contributed by atoms with Crippen LogP contribution >= 0.6 is 0 Å². The summed E-state index contributed by atoms with van der Waals surface area (Å²) in [5.74, 6) is 0. The molecule has 0 N–H and O–H groups in total. The maximum Gasteiger partial charge on any atom is 0.137 e. The first kappa shape index (κ1) is 91.3. The van der Waals surface area contributed by atoms with Gasteiger partial charge in [0.15, 0.2) is 0 Å². The quantitative estimate of drug-likeness (QED) is 0.0715. The summed E-state index contributed by atoms with van der Waals surface area (Å²) in [5, 5.41) is 6.75. The van der Waals surface area contributed by atoms with Crippen LogP contribution < -0.4 is 14.7 Å². The summed E-state index contributed by atoms with van der Waals surface area (Å²) in [6.07, 6.45) is 0. The van der Waals surface area contributed by atoms with E-state index in [-0.39, 0.29) is 0 Å². The molecule has 6 heteroatoms. The molecule has 0 saturated heterocycles. The molecule has 0 saturated carbocycles. The molecule has 0 aliphatic rings. The van der Waals surface area contributed by atoms with Crippen LogP contribution in [0.15, 0.2) is 614 Å². The van der Waals surface area contributed by atoms with Gasteiger partial charge in [-0.2, -0.15) is 0 Å². The molecule has 3 aromatic heterocycles. The van der Waals surface area contributed by atoms with E-state index in [2.05, 4.69) is 579 Å². The Hall–Kier alpha value is -19.9. The average Bonchev–Trinajstić information content (AvgIpc) is 1.59. The van der Waals surface area contributed by atoms with E-state index in [9.17, 15) is 0 Å². The van der Waals surface area contributed by atoms with Gasteiger partial charge in [0.25, 0.3) is 0 Å². The molecular weight excluding hydrogens is 1820 g/mol. The lowest BCUT2D eigenvalue weighted by molar-refractivity contribution is 0.668. The molecule has 6 nitrogen and oxygen atoms in total. The molecule has 150 heavy (non-hydrogen) atoms. The molecule has 0 aliphatic heterocycles. The lowest BCUT2D eigenvalue weighted by Gasteiger charge is -2.26. The van der Waals surface area contributed by atoms with Gasteiger partial charge in [0, 0.05) is 102 Å². The van der Waals surface area contributed by atoms with Gasteiger partial charge in [-0.1, -0.05) is 449 Å². The van der Waals surface area contributed by atoms with E-state index in [0.29, 0.717) is 0 Å². The smallest absolute Gasteiger partial charge is 0.137 e. The normalized spacial score (nSPS) is 11.2. The Morgan fingerprint density at radius 3 is 0.540 bits per heavy atom. The highest BCUT2D eigenvalue weighted by Gasteiger charge is 2.23. The number of fused-ring (bicyclic) bond motifs is 9. The van der Waals surface area contributed by atoms with E-state index >= 15 is 0 Å². The number of furan rings is 3. The Kier molecular flexibility index (Phi) is 25.2. The van der Waals surface area contributed by atoms with Gasteiger partial charge in [-0.05, 0) is 267 Å². The fraction of sp³-hybridized carbons (Fsp3) is 0. The monoisotopic (exact) mass is 1920 g/mol. The highest BCUT2D eigenvalue weighted by molar-refractivity contribution is 6.09. The number of benzene rings is 24. The molecule has 0 spiro atoms. The van der Waals surface area contributed by atoms with E-state index < -0.39 is 0 Å². The third-order valence-corrected chi connectivity index (χ3v) is 28.5. The van der Waals surface area contributed by atoms with Gasteiger partial charge in [-0.15, -0.1) is 0 Å². The zero-order valence-corrected chi connectivity index (χ0v) is 82.2. The second-order valence-electron chi connectivity index (χ2n) is 37.8. The lowest BCUT2D eigenvalue weighted by atomic mass is 9.93. The fourth-order valence-electron chi connectivity index (χ4n) is 20.8. The highest BCUT2D eigenvalue weighted by atomic mass is 16.3. The van der Waals surface area contributed by atoms with Crippen LogP contribution in [-0.2, 0) is 0 Å². The molecule has 708 valence electrons. The largest absolute Gasteiger partial charge is 0.456 e. The second kappa shape index (κ2) is 41.4. The average molecular weight is 1920 g/mol. The first-order valence-corrected chi connectivity index (χ1v) is 51.0. The van der Waals surface area contributed by atoms with Gasteiger partial charge in [0.05, 0.1) is 0 Å². The molecule has 24 aromatic carbocycles. The molecule has 3 heterocycles. The van der Waals surface area contributed by atoms with Gasteiger partial charge in [-0.25, -0.2) is 0 Å². The van der Waals surface area contributed by atoms with E-state index in [0.717, 1.165) is 123 Å². The SMILES string of the molecule is c1ccc(-c2ccc(-c3ccc(-c4cccc(N(c5ccc(-c6ccccc6)cc5)c5ccc6c(c5)oc5ccccc56)c4)cc3)cc2)cc1.c1ccc(-c2ccc(-c3cccc(-c4ccc(N(c5ccc(-c6ccccc6)cc5)c5ccc6c(c5)oc5ccccc56)cc4)c3)cc2)cc1.c1ccc(-c2cccc(N(c3ccc(-c4ccc(-c5ccccc5-c5ccccc5)cc4)cc3)c3ccc4c(c3)oc3ccccc34)c2)cc1. The van der Waals surface area contributed by atoms with Crippen LogP contribution in [0.4, 0.5) is 51.2 Å². The number of anilines is 9. The number of para-hydroxylation sites is 3. The summed E-state index contributed by atoms with van der Waals surface area (Å²) >= 11 is 0. The van der Waals surface area contributed by atoms with Crippen molar-refractivity contribution in [3.05, 3.63) is 601 Å². The van der Waals surface area contributed by atoms with Crippen LogP contribution in [0.2, 0.25) is 0 Å². The van der Waals surface area contributed by atoms with E-state index in [1.807, 2.05) is 36.4 Å². The summed E-state index contributed by atoms with van der Waals surface area (Å²) < 4.78 is 19.0. The minimum atomic E-state index is 0.873.